The molecule has 0 N–H and O–H groups in total. The van der Waals surface area contributed by atoms with Gasteiger partial charge in [0.25, 0.3) is 0 Å². The Bertz CT molecular complexity index is 332. The van der Waals surface area contributed by atoms with Crippen LogP contribution < -0.4 is 9.47 Å². The molecule has 1 aromatic rings. The highest BCUT2D eigenvalue weighted by atomic mass is 16.5. The summed E-state index contributed by atoms with van der Waals surface area (Å²) in [4.78, 5) is 18.5. The van der Waals surface area contributed by atoms with Gasteiger partial charge < -0.3 is 14.2 Å². The molecule has 82 valence electrons. The molecule has 1 aromatic heterocycles. The summed E-state index contributed by atoms with van der Waals surface area (Å²) in [7, 11) is 2.97. The minimum atomic E-state index is -0.389. The zero-order chi connectivity index (χ0) is 11.3. The fraction of sp³-hybridized carbons (Fsp3) is 0.444. The van der Waals surface area contributed by atoms with Gasteiger partial charge in [-0.3, -0.25) is 4.79 Å². The van der Waals surface area contributed by atoms with Crippen molar-refractivity contribution in [2.24, 2.45) is 0 Å². The van der Waals surface area contributed by atoms with Crippen LogP contribution in [-0.2, 0) is 16.1 Å². The van der Waals surface area contributed by atoms with Gasteiger partial charge in [0.15, 0.2) is 12.4 Å². The van der Waals surface area contributed by atoms with Crippen molar-refractivity contribution in [3.63, 3.8) is 0 Å². The Morgan fingerprint density at radius 2 is 1.80 bits per heavy atom. The van der Waals surface area contributed by atoms with Gasteiger partial charge in [-0.2, -0.15) is 9.97 Å². The highest BCUT2D eigenvalue weighted by molar-refractivity contribution is 5.65. The second kappa shape index (κ2) is 5.14. The zero-order valence-corrected chi connectivity index (χ0v) is 8.81. The summed E-state index contributed by atoms with van der Waals surface area (Å²) in [5, 5.41) is 0. The summed E-state index contributed by atoms with van der Waals surface area (Å²) < 4.78 is 14.6. The van der Waals surface area contributed by atoms with E-state index in [1.165, 1.54) is 27.2 Å². The molecule has 0 spiro atoms. The molecular weight excluding hydrogens is 200 g/mol. The van der Waals surface area contributed by atoms with E-state index in [1.807, 2.05) is 0 Å². The van der Waals surface area contributed by atoms with Gasteiger partial charge in [-0.25, -0.2) is 0 Å². The summed E-state index contributed by atoms with van der Waals surface area (Å²) >= 11 is 0. The fourth-order valence-corrected chi connectivity index (χ4v) is 0.889. The molecule has 0 fully saturated rings. The van der Waals surface area contributed by atoms with E-state index >= 15 is 0 Å². The average Bonchev–Trinajstić information content (AvgIpc) is 2.25. The van der Waals surface area contributed by atoms with Crippen LogP contribution in [0.2, 0.25) is 0 Å². The van der Waals surface area contributed by atoms with Gasteiger partial charge in [0.1, 0.15) is 0 Å². The minimum absolute atomic E-state index is 0.00287. The van der Waals surface area contributed by atoms with Crippen LogP contribution in [0.4, 0.5) is 0 Å². The van der Waals surface area contributed by atoms with Gasteiger partial charge in [0, 0.05) is 6.92 Å². The normalized spacial score (nSPS) is 9.53. The first kappa shape index (κ1) is 11.2. The van der Waals surface area contributed by atoms with E-state index in [4.69, 9.17) is 14.2 Å². The molecule has 0 aromatic carbocycles. The maximum Gasteiger partial charge on any atom is 0.303 e. The SMILES string of the molecule is COc1cc(OC)nc(COC(C)=O)n1. The quantitative estimate of drug-likeness (QED) is 0.679. The first-order valence-electron chi connectivity index (χ1n) is 4.25. The second-order valence-corrected chi connectivity index (χ2v) is 2.65. The molecule has 0 saturated carbocycles. The van der Waals surface area contributed by atoms with Crippen molar-refractivity contribution in [2.75, 3.05) is 14.2 Å². The fourth-order valence-electron chi connectivity index (χ4n) is 0.889. The van der Waals surface area contributed by atoms with Gasteiger partial charge in [-0.1, -0.05) is 0 Å². The molecular formula is C9H12N2O4. The number of methoxy groups -OCH3 is 2. The Hall–Kier alpha value is -1.85. The van der Waals surface area contributed by atoms with Crippen LogP contribution in [0.15, 0.2) is 6.07 Å². The molecule has 1 heterocycles. The average molecular weight is 212 g/mol. The van der Waals surface area contributed by atoms with Crippen molar-refractivity contribution >= 4 is 5.97 Å². The standard InChI is InChI=1S/C9H12N2O4/c1-6(12)15-5-7-10-8(13-2)4-9(11-7)14-3/h4H,5H2,1-3H3. The van der Waals surface area contributed by atoms with Crippen molar-refractivity contribution in [2.45, 2.75) is 13.5 Å². The first-order chi connectivity index (χ1) is 7.15. The van der Waals surface area contributed by atoms with Crippen molar-refractivity contribution in [3.05, 3.63) is 11.9 Å². The molecule has 0 bridgehead atoms. The molecule has 0 aliphatic heterocycles. The van der Waals surface area contributed by atoms with E-state index in [0.717, 1.165) is 0 Å². The molecule has 6 heteroatoms. The van der Waals surface area contributed by atoms with Crippen LogP contribution in [-0.4, -0.2) is 30.2 Å². The molecule has 1 rings (SSSR count). The van der Waals surface area contributed by atoms with E-state index in [0.29, 0.717) is 17.6 Å². The smallest absolute Gasteiger partial charge is 0.303 e. The largest absolute Gasteiger partial charge is 0.481 e. The monoisotopic (exact) mass is 212 g/mol. The summed E-state index contributed by atoms with van der Waals surface area (Å²) in [5.74, 6) is 0.676. The van der Waals surface area contributed by atoms with Gasteiger partial charge in [0.2, 0.25) is 11.8 Å². The van der Waals surface area contributed by atoms with Gasteiger partial charge >= 0.3 is 5.97 Å². The van der Waals surface area contributed by atoms with Crippen molar-refractivity contribution < 1.29 is 19.0 Å². The third-order valence-corrected chi connectivity index (χ3v) is 1.55. The van der Waals surface area contributed by atoms with E-state index in [-0.39, 0.29) is 12.6 Å². The van der Waals surface area contributed by atoms with Gasteiger partial charge in [0.05, 0.1) is 20.3 Å². The molecule has 15 heavy (non-hydrogen) atoms. The second-order valence-electron chi connectivity index (χ2n) is 2.65. The van der Waals surface area contributed by atoms with Crippen LogP contribution >= 0.6 is 0 Å². The summed E-state index contributed by atoms with van der Waals surface area (Å²) in [6, 6.07) is 1.54. The Morgan fingerprint density at radius 3 is 2.20 bits per heavy atom. The Labute approximate surface area is 87.2 Å². The number of nitrogens with zero attached hydrogens (tertiary/aromatic N) is 2. The number of hydrogen-bond donors (Lipinski definition) is 0. The molecule has 0 radical (unpaired) electrons. The van der Waals surface area contributed by atoms with E-state index in [2.05, 4.69) is 9.97 Å². The molecule has 6 nitrogen and oxygen atoms in total. The van der Waals surface area contributed by atoms with Crippen molar-refractivity contribution in [1.29, 1.82) is 0 Å². The summed E-state index contributed by atoms with van der Waals surface area (Å²) in [5.41, 5.74) is 0. The van der Waals surface area contributed by atoms with Crippen LogP contribution in [0.1, 0.15) is 12.7 Å². The summed E-state index contributed by atoms with van der Waals surface area (Å²) in [6.07, 6.45) is 0. The highest BCUT2D eigenvalue weighted by Gasteiger charge is 2.06. The Balaban J connectivity index is 2.81. The number of esters is 1. The predicted octanol–water partition coefficient (Wildman–Crippen LogP) is 0.557. The topological polar surface area (TPSA) is 70.5 Å². The minimum Gasteiger partial charge on any atom is -0.481 e. The maximum absolute atomic E-state index is 10.6. The molecule has 0 unspecified atom stereocenters. The lowest BCUT2D eigenvalue weighted by atomic mass is 10.5. The van der Waals surface area contributed by atoms with Crippen LogP contribution in [0.5, 0.6) is 11.8 Å². The number of carbonyl (C=O) groups is 1. The third-order valence-electron chi connectivity index (χ3n) is 1.55. The van der Waals surface area contributed by atoms with Crippen LogP contribution in [0, 0.1) is 0 Å². The number of ether oxygens (including phenoxy) is 3. The Morgan fingerprint density at radius 1 is 1.27 bits per heavy atom. The van der Waals surface area contributed by atoms with Crippen molar-refractivity contribution in [1.82, 2.24) is 9.97 Å². The predicted molar refractivity (Wildman–Crippen MR) is 50.6 cm³/mol. The number of rotatable bonds is 4. The Kier molecular flexibility index (Phi) is 3.84. The number of hydrogen-bond acceptors (Lipinski definition) is 6. The molecule has 0 saturated heterocycles. The number of carbonyl (C=O) groups excluding carboxylic acids is 1. The highest BCUT2D eigenvalue weighted by Crippen LogP contribution is 2.14. The molecule has 0 amide bonds. The van der Waals surface area contributed by atoms with Gasteiger partial charge in [-0.15, -0.1) is 0 Å². The van der Waals surface area contributed by atoms with Gasteiger partial charge in [-0.05, 0) is 0 Å². The zero-order valence-electron chi connectivity index (χ0n) is 8.81. The van der Waals surface area contributed by atoms with Crippen LogP contribution in [0.3, 0.4) is 0 Å². The lowest BCUT2D eigenvalue weighted by Crippen LogP contribution is -2.05. The molecule has 0 aliphatic rings. The molecule has 0 aliphatic carbocycles. The third kappa shape index (κ3) is 3.41. The van der Waals surface area contributed by atoms with Crippen molar-refractivity contribution in [3.8, 4) is 11.8 Å². The number of aromatic nitrogens is 2. The first-order valence-corrected chi connectivity index (χ1v) is 4.25. The summed E-state index contributed by atoms with van der Waals surface area (Å²) in [6.45, 7) is 1.32. The van der Waals surface area contributed by atoms with E-state index in [9.17, 15) is 4.79 Å². The van der Waals surface area contributed by atoms with E-state index in [1.54, 1.807) is 0 Å². The lowest BCUT2D eigenvalue weighted by Gasteiger charge is -2.05. The van der Waals surface area contributed by atoms with Crippen LogP contribution in [0.25, 0.3) is 0 Å². The maximum atomic E-state index is 10.6. The van der Waals surface area contributed by atoms with E-state index < -0.39 is 0 Å². The lowest BCUT2D eigenvalue weighted by molar-refractivity contribution is -0.142. The molecule has 0 atom stereocenters.